The summed E-state index contributed by atoms with van der Waals surface area (Å²) in [6.45, 7) is 5.59. The van der Waals surface area contributed by atoms with Crippen LogP contribution in [0.5, 0.6) is 0 Å². The van der Waals surface area contributed by atoms with E-state index in [1.165, 1.54) is 5.56 Å². The van der Waals surface area contributed by atoms with E-state index in [0.717, 1.165) is 42.4 Å². The molecule has 3 rings (SSSR count). The summed E-state index contributed by atoms with van der Waals surface area (Å²) >= 11 is 0. The molecular formula is C20H28N4O2. The highest BCUT2D eigenvalue weighted by Crippen LogP contribution is 2.18. The summed E-state index contributed by atoms with van der Waals surface area (Å²) in [6, 6.07) is 8.45. The van der Waals surface area contributed by atoms with Crippen LogP contribution in [0.2, 0.25) is 0 Å². The van der Waals surface area contributed by atoms with Gasteiger partial charge in [0.2, 0.25) is 5.91 Å². The molecule has 1 aromatic carbocycles. The van der Waals surface area contributed by atoms with E-state index in [1.807, 2.05) is 11.9 Å². The Morgan fingerprint density at radius 2 is 2.15 bits per heavy atom. The Morgan fingerprint density at radius 3 is 2.88 bits per heavy atom. The van der Waals surface area contributed by atoms with Gasteiger partial charge in [0.25, 0.3) is 0 Å². The van der Waals surface area contributed by atoms with E-state index in [-0.39, 0.29) is 18.0 Å². The Balaban J connectivity index is 1.58. The number of rotatable bonds is 4. The third kappa shape index (κ3) is 4.00. The standard InChI is InChI=1S/C20H28N4O2/c1-4-15-7-8-16-11-17(22-19(16)10-15)12-21-20(26)23(3)18-6-5-9-24(13-18)14(2)25/h7-8,10-11,18,22H,4-6,9,12-13H2,1-3H3,(H,21,26)/t18-/m1/s1. The van der Waals surface area contributed by atoms with Gasteiger partial charge in [-0.05, 0) is 42.3 Å². The predicted octanol–water partition coefficient (Wildman–Crippen LogP) is 2.88. The highest BCUT2D eigenvalue weighted by atomic mass is 16.2. The number of carbonyl (C=O) groups is 2. The van der Waals surface area contributed by atoms with Gasteiger partial charge in [0.05, 0.1) is 12.6 Å². The molecule has 1 aromatic heterocycles. The molecule has 0 spiro atoms. The van der Waals surface area contributed by atoms with Crippen LogP contribution in [0.3, 0.4) is 0 Å². The van der Waals surface area contributed by atoms with Gasteiger partial charge >= 0.3 is 6.03 Å². The van der Waals surface area contributed by atoms with Crippen LogP contribution in [0.15, 0.2) is 24.3 Å². The monoisotopic (exact) mass is 356 g/mol. The summed E-state index contributed by atoms with van der Waals surface area (Å²) in [5.74, 6) is 0.0769. The molecular weight excluding hydrogens is 328 g/mol. The summed E-state index contributed by atoms with van der Waals surface area (Å²) in [7, 11) is 1.81. The third-order valence-corrected chi connectivity index (χ3v) is 5.29. The molecule has 6 heteroatoms. The number of likely N-dealkylation sites (N-methyl/N-ethyl adjacent to an activating group) is 1. The number of aryl methyl sites for hydroxylation is 1. The second kappa shape index (κ2) is 7.81. The zero-order chi connectivity index (χ0) is 18.7. The Hall–Kier alpha value is -2.50. The van der Waals surface area contributed by atoms with Crippen molar-refractivity contribution >= 4 is 22.8 Å². The number of amides is 3. The molecule has 0 bridgehead atoms. The minimum Gasteiger partial charge on any atom is -0.357 e. The molecule has 1 fully saturated rings. The fraction of sp³-hybridized carbons (Fsp3) is 0.500. The quantitative estimate of drug-likeness (QED) is 0.884. The van der Waals surface area contributed by atoms with Crippen LogP contribution < -0.4 is 5.32 Å². The molecule has 3 amide bonds. The molecule has 1 atom stereocenters. The zero-order valence-corrected chi connectivity index (χ0v) is 15.8. The topological polar surface area (TPSA) is 68.4 Å². The van der Waals surface area contributed by atoms with Gasteiger partial charge in [-0.2, -0.15) is 0 Å². The zero-order valence-electron chi connectivity index (χ0n) is 15.8. The maximum absolute atomic E-state index is 12.5. The number of nitrogens with one attached hydrogen (secondary N) is 2. The van der Waals surface area contributed by atoms with Crippen molar-refractivity contribution in [3.05, 3.63) is 35.5 Å². The van der Waals surface area contributed by atoms with Crippen LogP contribution in [0, 0.1) is 0 Å². The summed E-state index contributed by atoms with van der Waals surface area (Å²) in [4.78, 5) is 31.0. The molecule has 6 nitrogen and oxygen atoms in total. The number of fused-ring (bicyclic) bond motifs is 1. The van der Waals surface area contributed by atoms with Crippen molar-refractivity contribution < 1.29 is 9.59 Å². The maximum atomic E-state index is 12.5. The molecule has 140 valence electrons. The van der Waals surface area contributed by atoms with Crippen molar-refractivity contribution in [2.45, 2.75) is 45.7 Å². The summed E-state index contributed by atoms with van der Waals surface area (Å²) < 4.78 is 0. The van der Waals surface area contributed by atoms with Gasteiger partial charge in [0, 0.05) is 38.3 Å². The Morgan fingerprint density at radius 1 is 1.35 bits per heavy atom. The van der Waals surface area contributed by atoms with Gasteiger partial charge < -0.3 is 20.1 Å². The number of nitrogens with zero attached hydrogens (tertiary/aromatic N) is 2. The number of likely N-dealkylation sites (tertiary alicyclic amines) is 1. The van der Waals surface area contributed by atoms with Crippen molar-refractivity contribution in [2.75, 3.05) is 20.1 Å². The van der Waals surface area contributed by atoms with Crippen molar-refractivity contribution in [2.24, 2.45) is 0 Å². The number of benzene rings is 1. The van der Waals surface area contributed by atoms with Gasteiger partial charge in [-0.1, -0.05) is 19.1 Å². The largest absolute Gasteiger partial charge is 0.357 e. The number of aromatic amines is 1. The number of hydrogen-bond donors (Lipinski definition) is 2. The van der Waals surface area contributed by atoms with Gasteiger partial charge in [-0.15, -0.1) is 0 Å². The number of urea groups is 1. The van der Waals surface area contributed by atoms with E-state index in [1.54, 1.807) is 11.8 Å². The Bertz CT molecular complexity index is 798. The lowest BCUT2D eigenvalue weighted by molar-refractivity contribution is -0.130. The lowest BCUT2D eigenvalue weighted by Crippen LogP contribution is -2.52. The Kier molecular flexibility index (Phi) is 5.49. The first-order valence-corrected chi connectivity index (χ1v) is 9.34. The van der Waals surface area contributed by atoms with Gasteiger partial charge in [-0.3, -0.25) is 4.79 Å². The van der Waals surface area contributed by atoms with E-state index in [0.29, 0.717) is 13.1 Å². The van der Waals surface area contributed by atoms with Crippen molar-refractivity contribution in [1.82, 2.24) is 20.1 Å². The first kappa shape index (κ1) is 18.3. The fourth-order valence-corrected chi connectivity index (χ4v) is 3.57. The molecule has 0 saturated carbocycles. The van der Waals surface area contributed by atoms with Gasteiger partial charge in [0.1, 0.15) is 0 Å². The second-order valence-corrected chi connectivity index (χ2v) is 7.10. The maximum Gasteiger partial charge on any atom is 0.317 e. The number of piperidine rings is 1. The van der Waals surface area contributed by atoms with Crippen LogP contribution in [0.4, 0.5) is 4.79 Å². The van der Waals surface area contributed by atoms with Crippen LogP contribution in [0.25, 0.3) is 10.9 Å². The van der Waals surface area contributed by atoms with E-state index >= 15 is 0 Å². The van der Waals surface area contributed by atoms with E-state index in [2.05, 4.69) is 41.5 Å². The normalized spacial score (nSPS) is 17.3. The molecule has 2 N–H and O–H groups in total. The van der Waals surface area contributed by atoms with E-state index in [9.17, 15) is 9.59 Å². The van der Waals surface area contributed by atoms with E-state index < -0.39 is 0 Å². The molecule has 0 radical (unpaired) electrons. The molecule has 1 saturated heterocycles. The minimum atomic E-state index is -0.103. The number of carbonyl (C=O) groups excluding carboxylic acids is 2. The van der Waals surface area contributed by atoms with Gasteiger partial charge in [0.15, 0.2) is 0 Å². The Labute approximate surface area is 154 Å². The average molecular weight is 356 g/mol. The van der Waals surface area contributed by atoms with Crippen LogP contribution in [-0.4, -0.2) is 52.9 Å². The number of hydrogen-bond acceptors (Lipinski definition) is 2. The van der Waals surface area contributed by atoms with Crippen LogP contribution in [0.1, 0.15) is 37.9 Å². The lowest BCUT2D eigenvalue weighted by atomic mass is 10.0. The van der Waals surface area contributed by atoms with E-state index in [4.69, 9.17) is 0 Å². The highest BCUT2D eigenvalue weighted by Gasteiger charge is 2.27. The molecule has 0 unspecified atom stereocenters. The average Bonchev–Trinajstić information content (AvgIpc) is 3.07. The SMILES string of the molecule is CCc1ccc2cc(CNC(=O)N(C)[C@@H]3CCCN(C(C)=O)C3)[nH]c2c1. The van der Waals surface area contributed by atoms with Crippen molar-refractivity contribution in [3.8, 4) is 0 Å². The molecule has 0 aliphatic carbocycles. The van der Waals surface area contributed by atoms with Crippen LogP contribution in [-0.2, 0) is 17.8 Å². The molecule has 2 aromatic rings. The molecule has 2 heterocycles. The summed E-state index contributed by atoms with van der Waals surface area (Å²) in [5, 5.41) is 4.14. The van der Waals surface area contributed by atoms with Crippen LogP contribution >= 0.6 is 0 Å². The highest BCUT2D eigenvalue weighted by molar-refractivity contribution is 5.81. The first-order valence-electron chi connectivity index (χ1n) is 9.34. The predicted molar refractivity (Wildman–Crippen MR) is 103 cm³/mol. The molecule has 1 aliphatic rings. The third-order valence-electron chi connectivity index (χ3n) is 5.29. The number of aromatic nitrogens is 1. The van der Waals surface area contributed by atoms with Crippen molar-refractivity contribution in [3.63, 3.8) is 0 Å². The second-order valence-electron chi connectivity index (χ2n) is 7.10. The van der Waals surface area contributed by atoms with Crippen molar-refractivity contribution in [1.29, 1.82) is 0 Å². The van der Waals surface area contributed by atoms with Gasteiger partial charge in [-0.25, -0.2) is 4.79 Å². The summed E-state index contributed by atoms with van der Waals surface area (Å²) in [5.41, 5.74) is 3.39. The number of H-pyrrole nitrogens is 1. The lowest BCUT2D eigenvalue weighted by Gasteiger charge is -2.37. The summed E-state index contributed by atoms with van der Waals surface area (Å²) in [6.07, 6.45) is 2.87. The fourth-order valence-electron chi connectivity index (χ4n) is 3.57. The smallest absolute Gasteiger partial charge is 0.317 e. The first-order chi connectivity index (χ1) is 12.5. The molecule has 26 heavy (non-hydrogen) atoms. The minimum absolute atomic E-state index is 0.0717. The molecule has 1 aliphatic heterocycles.